The maximum Gasteiger partial charge on any atom is 0.00955 e. The van der Waals surface area contributed by atoms with Gasteiger partial charge >= 0.3 is 0 Å². The third kappa shape index (κ3) is 3.90. The molecule has 2 atom stereocenters. The zero-order chi connectivity index (χ0) is 9.52. The Hall–Kier alpha value is 0.310. The van der Waals surface area contributed by atoms with Crippen molar-refractivity contribution in [3.8, 4) is 0 Å². The summed E-state index contributed by atoms with van der Waals surface area (Å²) in [4.78, 5) is 0. The van der Waals surface area contributed by atoms with Crippen LogP contribution in [0.3, 0.4) is 0 Å². The van der Waals surface area contributed by atoms with Gasteiger partial charge in [-0.1, -0.05) is 20.3 Å². The average Bonchev–Trinajstić information content (AvgIpc) is 2.54. The van der Waals surface area contributed by atoms with Crippen LogP contribution in [0.1, 0.15) is 39.5 Å². The second kappa shape index (κ2) is 6.72. The Bertz CT molecular complexity index is 127. The van der Waals surface area contributed by atoms with E-state index in [9.17, 15) is 0 Å². The fraction of sp³-hybridized carbons (Fsp3) is 1.00. The van der Waals surface area contributed by atoms with Crippen LogP contribution < -0.4 is 5.32 Å². The van der Waals surface area contributed by atoms with Crippen LogP contribution in [0.15, 0.2) is 0 Å². The van der Waals surface area contributed by atoms with Gasteiger partial charge in [0.1, 0.15) is 0 Å². The normalized spacial score (nSPS) is 28.2. The van der Waals surface area contributed by atoms with Crippen molar-refractivity contribution in [1.82, 2.24) is 5.32 Å². The molecule has 0 heterocycles. The highest BCUT2D eigenvalue weighted by molar-refractivity contribution is 7.99. The fourth-order valence-electron chi connectivity index (χ4n) is 2.29. The zero-order valence-electron chi connectivity index (χ0n) is 9.01. The van der Waals surface area contributed by atoms with Crippen LogP contribution >= 0.6 is 11.8 Å². The summed E-state index contributed by atoms with van der Waals surface area (Å²) in [7, 11) is 0. The minimum atomic E-state index is 0.836. The molecule has 78 valence electrons. The summed E-state index contributed by atoms with van der Waals surface area (Å²) in [5, 5.41) is 3.61. The fourth-order valence-corrected chi connectivity index (χ4v) is 3.05. The molecule has 1 rings (SSSR count). The number of rotatable bonds is 6. The third-order valence-electron chi connectivity index (χ3n) is 2.96. The zero-order valence-corrected chi connectivity index (χ0v) is 9.83. The van der Waals surface area contributed by atoms with Crippen molar-refractivity contribution in [2.45, 2.75) is 45.6 Å². The third-order valence-corrected chi connectivity index (χ3v) is 3.90. The molecule has 1 aliphatic carbocycles. The highest BCUT2D eigenvalue weighted by Gasteiger charge is 2.25. The van der Waals surface area contributed by atoms with Gasteiger partial charge in [-0.3, -0.25) is 0 Å². The standard InChI is InChI=1S/C11H23NS/c1-3-12-11-7-5-6-10(11)8-9-13-4-2/h10-12H,3-9H2,1-2H3. The summed E-state index contributed by atoms with van der Waals surface area (Å²) in [6.07, 6.45) is 5.74. The highest BCUT2D eigenvalue weighted by Crippen LogP contribution is 2.29. The van der Waals surface area contributed by atoms with E-state index in [1.54, 1.807) is 0 Å². The van der Waals surface area contributed by atoms with E-state index in [1.807, 2.05) is 0 Å². The predicted molar refractivity (Wildman–Crippen MR) is 62.4 cm³/mol. The summed E-state index contributed by atoms with van der Waals surface area (Å²) in [6.45, 7) is 5.61. The summed E-state index contributed by atoms with van der Waals surface area (Å²) >= 11 is 2.09. The first-order valence-corrected chi connectivity index (χ1v) is 6.85. The SMILES string of the molecule is CCNC1CCCC1CCSCC. The average molecular weight is 201 g/mol. The summed E-state index contributed by atoms with van der Waals surface area (Å²) in [6, 6.07) is 0.836. The van der Waals surface area contributed by atoms with Crippen molar-refractivity contribution >= 4 is 11.8 Å². The van der Waals surface area contributed by atoms with E-state index in [0.717, 1.165) is 18.5 Å². The molecule has 1 fully saturated rings. The van der Waals surface area contributed by atoms with Crippen molar-refractivity contribution in [3.63, 3.8) is 0 Å². The Kier molecular flexibility index (Phi) is 5.88. The lowest BCUT2D eigenvalue weighted by atomic mass is 10.0. The van der Waals surface area contributed by atoms with Crippen LogP contribution in [0, 0.1) is 5.92 Å². The van der Waals surface area contributed by atoms with Crippen molar-refractivity contribution in [2.24, 2.45) is 5.92 Å². The molecule has 1 nitrogen and oxygen atoms in total. The molecule has 0 amide bonds. The second-order valence-electron chi connectivity index (χ2n) is 3.84. The Balaban J connectivity index is 2.15. The van der Waals surface area contributed by atoms with Gasteiger partial charge in [-0.25, -0.2) is 0 Å². The van der Waals surface area contributed by atoms with Crippen molar-refractivity contribution < 1.29 is 0 Å². The van der Waals surface area contributed by atoms with Gasteiger partial charge in [-0.15, -0.1) is 0 Å². The van der Waals surface area contributed by atoms with Crippen molar-refractivity contribution in [3.05, 3.63) is 0 Å². The number of hydrogen-bond donors (Lipinski definition) is 1. The van der Waals surface area contributed by atoms with Crippen LogP contribution in [-0.2, 0) is 0 Å². The van der Waals surface area contributed by atoms with E-state index >= 15 is 0 Å². The molecule has 2 unspecified atom stereocenters. The van der Waals surface area contributed by atoms with Crippen LogP contribution in [0.25, 0.3) is 0 Å². The lowest BCUT2D eigenvalue weighted by molar-refractivity contribution is 0.400. The molecule has 2 heteroatoms. The van der Waals surface area contributed by atoms with Crippen LogP contribution in [-0.4, -0.2) is 24.1 Å². The predicted octanol–water partition coefficient (Wildman–Crippen LogP) is 2.91. The van der Waals surface area contributed by atoms with Crippen LogP contribution in [0.2, 0.25) is 0 Å². The molecule has 0 aromatic heterocycles. The molecule has 0 radical (unpaired) electrons. The van der Waals surface area contributed by atoms with E-state index < -0.39 is 0 Å². The van der Waals surface area contributed by atoms with Gasteiger partial charge in [0.2, 0.25) is 0 Å². The first-order valence-electron chi connectivity index (χ1n) is 5.69. The quantitative estimate of drug-likeness (QED) is 0.663. The van der Waals surface area contributed by atoms with Gasteiger partial charge < -0.3 is 5.32 Å². The topological polar surface area (TPSA) is 12.0 Å². The molecule has 0 aliphatic heterocycles. The number of hydrogen-bond acceptors (Lipinski definition) is 2. The number of thioether (sulfide) groups is 1. The molecule has 0 saturated heterocycles. The van der Waals surface area contributed by atoms with Crippen molar-refractivity contribution in [2.75, 3.05) is 18.1 Å². The van der Waals surface area contributed by atoms with Gasteiger partial charge in [-0.2, -0.15) is 11.8 Å². The molecular weight excluding hydrogens is 178 g/mol. The molecule has 0 spiro atoms. The van der Waals surface area contributed by atoms with Gasteiger partial charge in [0, 0.05) is 6.04 Å². The van der Waals surface area contributed by atoms with Gasteiger partial charge in [-0.05, 0) is 43.2 Å². The molecular formula is C11H23NS. The Morgan fingerprint density at radius 2 is 2.15 bits per heavy atom. The van der Waals surface area contributed by atoms with E-state index in [-0.39, 0.29) is 0 Å². The largest absolute Gasteiger partial charge is 0.314 e. The van der Waals surface area contributed by atoms with Gasteiger partial charge in [0.05, 0.1) is 0 Å². The van der Waals surface area contributed by atoms with Gasteiger partial charge in [0.15, 0.2) is 0 Å². The maximum absolute atomic E-state index is 3.61. The minimum absolute atomic E-state index is 0.836. The van der Waals surface area contributed by atoms with E-state index in [1.165, 1.54) is 37.2 Å². The first kappa shape index (κ1) is 11.4. The molecule has 1 saturated carbocycles. The van der Waals surface area contributed by atoms with E-state index in [0.29, 0.717) is 0 Å². The maximum atomic E-state index is 3.61. The molecule has 13 heavy (non-hydrogen) atoms. The summed E-state index contributed by atoms with van der Waals surface area (Å²) in [5.41, 5.74) is 0. The van der Waals surface area contributed by atoms with Crippen LogP contribution in [0.4, 0.5) is 0 Å². The monoisotopic (exact) mass is 201 g/mol. The second-order valence-corrected chi connectivity index (χ2v) is 5.23. The van der Waals surface area contributed by atoms with E-state index in [4.69, 9.17) is 0 Å². The first-order chi connectivity index (χ1) is 6.38. The minimum Gasteiger partial charge on any atom is -0.314 e. The van der Waals surface area contributed by atoms with E-state index in [2.05, 4.69) is 30.9 Å². The Morgan fingerprint density at radius 1 is 1.31 bits per heavy atom. The van der Waals surface area contributed by atoms with Gasteiger partial charge in [0.25, 0.3) is 0 Å². The summed E-state index contributed by atoms with van der Waals surface area (Å²) < 4.78 is 0. The van der Waals surface area contributed by atoms with Crippen molar-refractivity contribution in [1.29, 1.82) is 0 Å². The molecule has 0 aromatic carbocycles. The Labute approximate surface area is 87.1 Å². The van der Waals surface area contributed by atoms with Crippen LogP contribution in [0.5, 0.6) is 0 Å². The lowest BCUT2D eigenvalue weighted by Gasteiger charge is -2.19. The molecule has 0 bridgehead atoms. The smallest absolute Gasteiger partial charge is 0.00955 e. The molecule has 1 aliphatic rings. The molecule has 0 aromatic rings. The Morgan fingerprint density at radius 3 is 2.85 bits per heavy atom. The molecule has 1 N–H and O–H groups in total. The lowest BCUT2D eigenvalue weighted by Crippen LogP contribution is -2.32. The number of nitrogens with one attached hydrogen (secondary N) is 1. The summed E-state index contributed by atoms with van der Waals surface area (Å²) in [5.74, 6) is 3.61. The highest BCUT2D eigenvalue weighted by atomic mass is 32.2.